The van der Waals surface area contributed by atoms with Gasteiger partial charge in [-0.15, -0.1) is 0 Å². The number of urea groups is 1. The number of aliphatic hydroxyl groups is 1. The summed E-state index contributed by atoms with van der Waals surface area (Å²) in [6, 6.07) is 17.5. The second-order valence-corrected chi connectivity index (χ2v) is 6.42. The smallest absolute Gasteiger partial charge is 0.317 e. The molecule has 5 nitrogen and oxygen atoms in total. The van der Waals surface area contributed by atoms with Crippen LogP contribution in [0.1, 0.15) is 18.1 Å². The first-order chi connectivity index (χ1) is 12.6. The van der Waals surface area contributed by atoms with Crippen molar-refractivity contribution in [1.29, 1.82) is 0 Å². The van der Waals surface area contributed by atoms with Gasteiger partial charge in [-0.25, -0.2) is 4.79 Å². The molecular weight excluding hydrogens is 328 g/mol. The molecule has 0 saturated heterocycles. The molecule has 2 rings (SSSR count). The number of benzene rings is 2. The maximum Gasteiger partial charge on any atom is 0.317 e. The maximum absolute atomic E-state index is 12.5. The first kappa shape index (κ1) is 19.8. The average molecular weight is 356 g/mol. The molecule has 0 aliphatic heterocycles. The molecule has 140 valence electrons. The number of nitrogens with one attached hydrogen (secondary N) is 1. The molecule has 1 atom stereocenters. The number of nitrogens with zero attached hydrogens (tertiary/aromatic N) is 1. The largest absolute Gasteiger partial charge is 0.491 e. The lowest BCUT2D eigenvalue weighted by atomic mass is 10.1. The van der Waals surface area contributed by atoms with Gasteiger partial charge in [0.1, 0.15) is 12.4 Å². The Bertz CT molecular complexity index is 676. The zero-order valence-corrected chi connectivity index (χ0v) is 15.5. The van der Waals surface area contributed by atoms with Crippen molar-refractivity contribution < 1.29 is 14.6 Å². The molecule has 0 saturated carbocycles. The number of amides is 2. The maximum atomic E-state index is 12.5. The van der Waals surface area contributed by atoms with Gasteiger partial charge in [-0.05, 0) is 43.5 Å². The van der Waals surface area contributed by atoms with Crippen LogP contribution in [-0.2, 0) is 6.42 Å². The number of carbonyl (C=O) groups is 1. The van der Waals surface area contributed by atoms with E-state index in [0.717, 1.165) is 17.7 Å². The Balaban J connectivity index is 1.81. The van der Waals surface area contributed by atoms with Gasteiger partial charge in [0.2, 0.25) is 0 Å². The van der Waals surface area contributed by atoms with E-state index < -0.39 is 0 Å². The first-order valence-electron chi connectivity index (χ1n) is 8.98. The third-order valence-corrected chi connectivity index (χ3v) is 4.03. The molecule has 0 spiro atoms. The normalized spacial score (nSPS) is 11.7. The number of aryl methyl sites for hydroxylation is 1. The van der Waals surface area contributed by atoms with Gasteiger partial charge in [0.15, 0.2) is 0 Å². The number of ether oxygens (including phenoxy) is 1. The highest BCUT2D eigenvalue weighted by Crippen LogP contribution is 2.12. The summed E-state index contributed by atoms with van der Waals surface area (Å²) in [7, 11) is 0. The lowest BCUT2D eigenvalue weighted by molar-refractivity contribution is 0.170. The van der Waals surface area contributed by atoms with Crippen molar-refractivity contribution in [3.05, 3.63) is 65.7 Å². The van der Waals surface area contributed by atoms with Crippen LogP contribution >= 0.6 is 0 Å². The fraction of sp³-hybridized carbons (Fsp3) is 0.381. The number of rotatable bonds is 9. The fourth-order valence-electron chi connectivity index (χ4n) is 2.61. The number of aliphatic hydroxyl groups excluding tert-OH is 1. The van der Waals surface area contributed by atoms with E-state index in [1.807, 2.05) is 68.4 Å². The Morgan fingerprint density at radius 3 is 2.62 bits per heavy atom. The summed E-state index contributed by atoms with van der Waals surface area (Å²) in [5, 5.41) is 12.2. The molecule has 2 aromatic carbocycles. The van der Waals surface area contributed by atoms with Crippen LogP contribution in [0, 0.1) is 6.92 Å². The molecule has 2 amide bonds. The highest BCUT2D eigenvalue weighted by molar-refractivity contribution is 5.74. The summed E-state index contributed by atoms with van der Waals surface area (Å²) < 4.78 is 5.74. The zero-order valence-electron chi connectivity index (χ0n) is 15.5. The molecule has 0 aliphatic rings. The van der Waals surface area contributed by atoms with Gasteiger partial charge in [0.25, 0.3) is 0 Å². The van der Waals surface area contributed by atoms with Gasteiger partial charge >= 0.3 is 6.03 Å². The Labute approximate surface area is 155 Å². The third-order valence-electron chi connectivity index (χ3n) is 4.03. The Hall–Kier alpha value is -2.53. The predicted octanol–water partition coefficient (Wildman–Crippen LogP) is 3.01. The van der Waals surface area contributed by atoms with Crippen molar-refractivity contribution in [3.8, 4) is 5.75 Å². The van der Waals surface area contributed by atoms with Gasteiger partial charge < -0.3 is 20.1 Å². The van der Waals surface area contributed by atoms with Crippen molar-refractivity contribution >= 4 is 6.03 Å². The van der Waals surface area contributed by atoms with Gasteiger partial charge in [0.05, 0.1) is 12.6 Å². The quantitative estimate of drug-likeness (QED) is 0.726. The minimum Gasteiger partial charge on any atom is -0.491 e. The standard InChI is InChI=1S/C21H28N2O3/c1-17-7-6-10-20(15-17)26-16-18(2)22-21(25)23(13-14-24)12-11-19-8-4-3-5-9-19/h3-10,15,18,24H,11-14,16H2,1-2H3,(H,22,25). The lowest BCUT2D eigenvalue weighted by Crippen LogP contribution is -2.47. The van der Waals surface area contributed by atoms with Gasteiger partial charge in [0, 0.05) is 13.1 Å². The van der Waals surface area contributed by atoms with Crippen LogP contribution in [0.4, 0.5) is 4.79 Å². The molecule has 2 aromatic rings. The van der Waals surface area contributed by atoms with Crippen LogP contribution in [0.3, 0.4) is 0 Å². The summed E-state index contributed by atoms with van der Waals surface area (Å²) in [6.45, 7) is 5.11. The average Bonchev–Trinajstić information content (AvgIpc) is 2.64. The monoisotopic (exact) mass is 356 g/mol. The molecule has 0 aliphatic carbocycles. The van der Waals surface area contributed by atoms with E-state index in [0.29, 0.717) is 19.7 Å². The molecule has 5 heteroatoms. The van der Waals surface area contributed by atoms with E-state index in [1.165, 1.54) is 5.56 Å². The number of hydrogen-bond donors (Lipinski definition) is 2. The highest BCUT2D eigenvalue weighted by atomic mass is 16.5. The second kappa shape index (κ2) is 10.5. The van der Waals surface area contributed by atoms with Crippen molar-refractivity contribution in [3.63, 3.8) is 0 Å². The SMILES string of the molecule is Cc1cccc(OCC(C)NC(=O)N(CCO)CCc2ccccc2)c1. The molecule has 0 heterocycles. The molecule has 0 radical (unpaired) electrons. The van der Waals surface area contributed by atoms with Gasteiger partial charge in [-0.1, -0.05) is 42.5 Å². The number of carbonyl (C=O) groups excluding carboxylic acids is 1. The zero-order chi connectivity index (χ0) is 18.8. The molecule has 26 heavy (non-hydrogen) atoms. The highest BCUT2D eigenvalue weighted by Gasteiger charge is 2.15. The van der Waals surface area contributed by atoms with Crippen LogP contribution in [0.15, 0.2) is 54.6 Å². The summed E-state index contributed by atoms with van der Waals surface area (Å²) >= 11 is 0. The third kappa shape index (κ3) is 6.76. The van der Waals surface area contributed by atoms with Crippen molar-refractivity contribution in [1.82, 2.24) is 10.2 Å². The van der Waals surface area contributed by atoms with Crippen molar-refractivity contribution in [2.75, 3.05) is 26.3 Å². The van der Waals surface area contributed by atoms with E-state index >= 15 is 0 Å². The molecule has 0 bridgehead atoms. The van der Waals surface area contributed by atoms with E-state index in [4.69, 9.17) is 4.74 Å². The summed E-state index contributed by atoms with van der Waals surface area (Å²) in [6.07, 6.45) is 0.752. The summed E-state index contributed by atoms with van der Waals surface area (Å²) in [5.41, 5.74) is 2.30. The van der Waals surface area contributed by atoms with Crippen LogP contribution < -0.4 is 10.1 Å². The van der Waals surface area contributed by atoms with Crippen molar-refractivity contribution in [2.45, 2.75) is 26.3 Å². The van der Waals surface area contributed by atoms with Gasteiger partial charge in [-0.2, -0.15) is 0 Å². The van der Waals surface area contributed by atoms with E-state index in [9.17, 15) is 9.90 Å². The van der Waals surface area contributed by atoms with Crippen LogP contribution in [-0.4, -0.2) is 48.4 Å². The second-order valence-electron chi connectivity index (χ2n) is 6.42. The van der Waals surface area contributed by atoms with Crippen LogP contribution in [0.5, 0.6) is 5.75 Å². The summed E-state index contributed by atoms with van der Waals surface area (Å²) in [4.78, 5) is 14.1. The van der Waals surface area contributed by atoms with E-state index in [2.05, 4.69) is 5.32 Å². The molecule has 0 fully saturated rings. The van der Waals surface area contributed by atoms with Crippen LogP contribution in [0.25, 0.3) is 0 Å². The minimum atomic E-state index is -0.185. The first-order valence-corrected chi connectivity index (χ1v) is 8.98. The number of hydrogen-bond acceptors (Lipinski definition) is 3. The molecular formula is C21H28N2O3. The minimum absolute atomic E-state index is 0.0591. The Kier molecular flexibility index (Phi) is 7.96. The molecule has 1 unspecified atom stereocenters. The van der Waals surface area contributed by atoms with Gasteiger partial charge in [-0.3, -0.25) is 0 Å². The molecule has 0 aromatic heterocycles. The van der Waals surface area contributed by atoms with E-state index in [1.54, 1.807) is 4.90 Å². The predicted molar refractivity (Wildman–Crippen MR) is 103 cm³/mol. The lowest BCUT2D eigenvalue weighted by Gasteiger charge is -2.25. The fourth-order valence-corrected chi connectivity index (χ4v) is 2.61. The Morgan fingerprint density at radius 1 is 1.15 bits per heavy atom. The van der Waals surface area contributed by atoms with Crippen LogP contribution in [0.2, 0.25) is 0 Å². The topological polar surface area (TPSA) is 61.8 Å². The molecule has 2 N–H and O–H groups in total. The Morgan fingerprint density at radius 2 is 1.92 bits per heavy atom. The van der Waals surface area contributed by atoms with E-state index in [-0.39, 0.29) is 18.7 Å². The summed E-state index contributed by atoms with van der Waals surface area (Å²) in [5.74, 6) is 0.794. The van der Waals surface area contributed by atoms with Crippen molar-refractivity contribution in [2.24, 2.45) is 0 Å².